The van der Waals surface area contributed by atoms with Crippen molar-refractivity contribution in [2.24, 2.45) is 0 Å². The molecule has 2 aliphatic heterocycles. The van der Waals surface area contributed by atoms with Crippen LogP contribution in [0.3, 0.4) is 0 Å². The molecule has 4 N–H and O–H groups in total. The van der Waals surface area contributed by atoms with Crippen LogP contribution >= 0.6 is 0 Å². The second kappa shape index (κ2) is 9.51. The monoisotopic (exact) mass is 438 g/mol. The highest BCUT2D eigenvalue weighted by molar-refractivity contribution is 6.37. The van der Waals surface area contributed by atoms with E-state index in [1.165, 1.54) is 37.9 Å². The Balaban J connectivity index is 1.42. The lowest BCUT2D eigenvalue weighted by molar-refractivity contribution is -0.110. The number of carbonyl (C=O) groups is 1. The molecule has 0 aliphatic carbocycles. The van der Waals surface area contributed by atoms with Crippen molar-refractivity contribution < 1.29 is 4.79 Å². The minimum absolute atomic E-state index is 0.125. The van der Waals surface area contributed by atoms with Gasteiger partial charge in [0.1, 0.15) is 0 Å². The van der Waals surface area contributed by atoms with Crippen LogP contribution in [-0.2, 0) is 11.2 Å². The van der Waals surface area contributed by atoms with Crippen molar-refractivity contribution in [3.8, 4) is 0 Å². The van der Waals surface area contributed by atoms with Crippen LogP contribution in [0.4, 0.5) is 17.1 Å². The van der Waals surface area contributed by atoms with Crippen molar-refractivity contribution in [1.82, 2.24) is 4.90 Å². The van der Waals surface area contributed by atoms with Gasteiger partial charge in [0.05, 0.1) is 11.3 Å². The Hall–Kier alpha value is -3.57. The average molecular weight is 439 g/mol. The normalized spacial score (nSPS) is 17.4. The highest BCUT2D eigenvalue weighted by Gasteiger charge is 2.28. The van der Waals surface area contributed by atoms with Gasteiger partial charge in [0.2, 0.25) is 0 Å². The van der Waals surface area contributed by atoms with Crippen LogP contribution in [0, 0.1) is 0 Å². The fourth-order valence-electron chi connectivity index (χ4n) is 4.69. The van der Waals surface area contributed by atoms with Gasteiger partial charge in [0.15, 0.2) is 0 Å². The molecule has 3 aromatic rings. The van der Waals surface area contributed by atoms with E-state index in [1.807, 2.05) is 42.5 Å². The number of rotatable bonds is 6. The molecule has 168 valence electrons. The molecule has 0 spiro atoms. The quantitative estimate of drug-likeness (QED) is 0.364. The van der Waals surface area contributed by atoms with E-state index >= 15 is 0 Å². The van der Waals surface area contributed by atoms with E-state index in [0.29, 0.717) is 11.3 Å². The van der Waals surface area contributed by atoms with Crippen molar-refractivity contribution >= 4 is 34.2 Å². The van der Waals surface area contributed by atoms with Gasteiger partial charge in [0.25, 0.3) is 5.91 Å². The molecule has 0 aromatic heterocycles. The molecule has 5 heteroatoms. The second-order valence-corrected chi connectivity index (χ2v) is 8.85. The number of nitrogens with zero attached hydrogens (tertiary/aromatic N) is 1. The Kier molecular flexibility index (Phi) is 6.13. The molecule has 5 nitrogen and oxygen atoms in total. The second-order valence-electron chi connectivity index (χ2n) is 8.85. The highest BCUT2D eigenvalue weighted by Crippen LogP contribution is 2.38. The zero-order valence-electron chi connectivity index (χ0n) is 18.8. The Bertz CT molecular complexity index is 1160. The topological polar surface area (TPSA) is 70.4 Å². The summed E-state index contributed by atoms with van der Waals surface area (Å²) in [5.74, 6) is -0.125. The van der Waals surface area contributed by atoms with Crippen LogP contribution in [0.5, 0.6) is 0 Å². The van der Waals surface area contributed by atoms with Crippen molar-refractivity contribution in [3.63, 3.8) is 0 Å². The summed E-state index contributed by atoms with van der Waals surface area (Å²) in [5.41, 5.74) is 12.9. The van der Waals surface area contributed by atoms with Gasteiger partial charge in [-0.05, 0) is 73.8 Å². The van der Waals surface area contributed by atoms with Gasteiger partial charge in [0, 0.05) is 29.2 Å². The number of hydrogen-bond donors (Lipinski definition) is 3. The lowest BCUT2D eigenvalue weighted by Crippen LogP contribution is -2.31. The fraction of sp³-hybridized carbons (Fsp3) is 0.250. The first-order valence-electron chi connectivity index (χ1n) is 11.8. The largest absolute Gasteiger partial charge is 0.399 e. The maximum Gasteiger partial charge on any atom is 0.258 e. The maximum atomic E-state index is 13.0. The number of likely N-dealkylation sites (tertiary alicyclic amines) is 1. The third kappa shape index (κ3) is 4.78. The number of nitrogen functional groups attached to an aromatic ring is 1. The lowest BCUT2D eigenvalue weighted by Gasteiger charge is -2.26. The van der Waals surface area contributed by atoms with Gasteiger partial charge in [-0.15, -0.1) is 0 Å². The number of anilines is 3. The molecule has 2 aliphatic rings. The van der Waals surface area contributed by atoms with Gasteiger partial charge in [-0.1, -0.05) is 48.9 Å². The van der Waals surface area contributed by atoms with Gasteiger partial charge in [-0.2, -0.15) is 0 Å². The minimum Gasteiger partial charge on any atom is -0.399 e. The molecule has 2 heterocycles. The van der Waals surface area contributed by atoms with E-state index in [0.717, 1.165) is 41.2 Å². The summed E-state index contributed by atoms with van der Waals surface area (Å²) >= 11 is 0. The molecule has 0 bridgehead atoms. The van der Waals surface area contributed by atoms with Crippen LogP contribution < -0.4 is 16.4 Å². The standard InChI is InChI=1S/C28H30N4O/c29-22-11-14-25-24(19-22)26(28(33)31-25)27(21-7-3-1-4-8-21)30-23-12-9-20(10-13-23)15-18-32-16-5-2-6-17-32/h1,3-4,7-14,19,30H,2,5-6,15-18,29H2,(H,31,33)/b27-26-. The Morgan fingerprint density at radius 1 is 0.939 bits per heavy atom. The smallest absolute Gasteiger partial charge is 0.258 e. The summed E-state index contributed by atoms with van der Waals surface area (Å²) < 4.78 is 0. The number of fused-ring (bicyclic) bond motifs is 1. The summed E-state index contributed by atoms with van der Waals surface area (Å²) in [6.45, 7) is 3.56. The highest BCUT2D eigenvalue weighted by atomic mass is 16.2. The molecule has 0 radical (unpaired) electrons. The predicted molar refractivity (Wildman–Crippen MR) is 137 cm³/mol. The van der Waals surface area contributed by atoms with Crippen LogP contribution in [0.15, 0.2) is 72.8 Å². The van der Waals surface area contributed by atoms with Crippen molar-refractivity contribution in [3.05, 3.63) is 89.5 Å². The number of carbonyl (C=O) groups excluding carboxylic acids is 1. The van der Waals surface area contributed by atoms with Gasteiger partial charge < -0.3 is 21.3 Å². The zero-order valence-corrected chi connectivity index (χ0v) is 18.8. The maximum absolute atomic E-state index is 13.0. The number of benzene rings is 3. The first-order valence-corrected chi connectivity index (χ1v) is 11.8. The molecule has 3 aromatic carbocycles. The predicted octanol–water partition coefficient (Wildman–Crippen LogP) is 5.23. The molecule has 1 fully saturated rings. The van der Waals surface area contributed by atoms with E-state index in [1.54, 1.807) is 6.07 Å². The van der Waals surface area contributed by atoms with Gasteiger partial charge >= 0.3 is 0 Å². The van der Waals surface area contributed by atoms with Crippen LogP contribution in [-0.4, -0.2) is 30.4 Å². The van der Waals surface area contributed by atoms with Crippen molar-refractivity contribution in [1.29, 1.82) is 0 Å². The van der Waals surface area contributed by atoms with Crippen molar-refractivity contribution in [2.75, 3.05) is 36.0 Å². The van der Waals surface area contributed by atoms with Crippen LogP contribution in [0.2, 0.25) is 0 Å². The number of nitrogens with one attached hydrogen (secondary N) is 2. The minimum atomic E-state index is -0.125. The zero-order chi connectivity index (χ0) is 22.6. The molecule has 0 atom stereocenters. The molecule has 33 heavy (non-hydrogen) atoms. The molecule has 0 saturated carbocycles. The summed E-state index contributed by atoms with van der Waals surface area (Å²) in [7, 11) is 0. The molecule has 1 amide bonds. The van der Waals surface area contributed by atoms with Gasteiger partial charge in [-0.25, -0.2) is 0 Å². The Labute approximate surface area is 195 Å². The van der Waals surface area contributed by atoms with E-state index in [9.17, 15) is 4.79 Å². The fourth-order valence-corrected chi connectivity index (χ4v) is 4.69. The number of amides is 1. The average Bonchev–Trinajstić information content (AvgIpc) is 3.18. The summed E-state index contributed by atoms with van der Waals surface area (Å²) in [5, 5.41) is 6.50. The third-order valence-electron chi connectivity index (χ3n) is 6.49. The molecule has 0 unspecified atom stereocenters. The molecular formula is C28H30N4O. The van der Waals surface area contributed by atoms with Crippen molar-refractivity contribution in [2.45, 2.75) is 25.7 Å². The molecule has 5 rings (SSSR count). The molecular weight excluding hydrogens is 408 g/mol. The van der Waals surface area contributed by atoms with E-state index in [2.05, 4.69) is 39.8 Å². The van der Waals surface area contributed by atoms with E-state index in [-0.39, 0.29) is 5.91 Å². The number of nitrogens with two attached hydrogens (primary N) is 1. The number of hydrogen-bond acceptors (Lipinski definition) is 4. The third-order valence-corrected chi connectivity index (χ3v) is 6.49. The van der Waals surface area contributed by atoms with Crippen LogP contribution in [0.1, 0.15) is 36.0 Å². The first kappa shape index (κ1) is 21.3. The van der Waals surface area contributed by atoms with Gasteiger partial charge in [-0.3, -0.25) is 4.79 Å². The molecule has 1 saturated heterocycles. The SMILES string of the molecule is Nc1ccc2c(c1)/C(=C(/Nc1ccc(CCN3CCCCC3)cc1)c1ccccc1)C(=O)N2. The van der Waals surface area contributed by atoms with Crippen LogP contribution in [0.25, 0.3) is 11.3 Å². The summed E-state index contributed by atoms with van der Waals surface area (Å²) in [6.07, 6.45) is 5.07. The van der Waals surface area contributed by atoms with E-state index in [4.69, 9.17) is 5.73 Å². The van der Waals surface area contributed by atoms with E-state index < -0.39 is 0 Å². The lowest BCUT2D eigenvalue weighted by atomic mass is 9.99. The Morgan fingerprint density at radius 3 is 2.45 bits per heavy atom. The summed E-state index contributed by atoms with van der Waals surface area (Å²) in [6, 6.07) is 24.0. The number of piperidine rings is 1. The first-order chi connectivity index (χ1) is 16.2. The summed E-state index contributed by atoms with van der Waals surface area (Å²) in [4.78, 5) is 15.5. The Morgan fingerprint density at radius 2 is 1.70 bits per heavy atom.